The molecule has 1 rings (SSSR count). The quantitative estimate of drug-likeness (QED) is 0.829. The van der Waals surface area contributed by atoms with Crippen LogP contribution in [-0.2, 0) is 4.79 Å². The Balaban J connectivity index is 2.55. The second kappa shape index (κ2) is 6.45. The molecule has 0 aliphatic rings. The summed E-state index contributed by atoms with van der Waals surface area (Å²) >= 11 is 5.89. The number of carbonyl (C=O) groups excluding carboxylic acids is 1. The smallest absolute Gasteiger partial charge is 0.224 e. The first kappa shape index (κ1) is 12.9. The minimum Gasteiger partial charge on any atom is -0.330 e. The minimum absolute atomic E-state index is 0.0767. The molecule has 4 nitrogen and oxygen atoms in total. The monoisotopic (exact) mass is 241 g/mol. The summed E-state index contributed by atoms with van der Waals surface area (Å²) in [5, 5.41) is 3.21. The lowest BCUT2D eigenvalue weighted by molar-refractivity contribution is -0.117. The summed E-state index contributed by atoms with van der Waals surface area (Å²) in [7, 11) is 0. The standard InChI is InChI=1S/C11H16ClN3O/c1-2-8(6-13)5-11(16)15-10-7-14-4-3-9(10)12/h3-4,7-8H,2,5-6,13H2,1H3,(H,15,16). The Bertz CT molecular complexity index is 353. The highest BCUT2D eigenvalue weighted by Crippen LogP contribution is 2.19. The van der Waals surface area contributed by atoms with Crippen LogP contribution in [0.2, 0.25) is 5.02 Å². The van der Waals surface area contributed by atoms with Gasteiger partial charge in [-0.15, -0.1) is 0 Å². The summed E-state index contributed by atoms with van der Waals surface area (Å²) in [5.41, 5.74) is 6.08. The van der Waals surface area contributed by atoms with E-state index in [0.717, 1.165) is 6.42 Å². The number of nitrogens with two attached hydrogens (primary N) is 1. The highest BCUT2D eigenvalue weighted by molar-refractivity contribution is 6.33. The highest BCUT2D eigenvalue weighted by Gasteiger charge is 2.11. The van der Waals surface area contributed by atoms with Crippen molar-refractivity contribution >= 4 is 23.2 Å². The van der Waals surface area contributed by atoms with Gasteiger partial charge in [-0.1, -0.05) is 24.9 Å². The van der Waals surface area contributed by atoms with E-state index in [2.05, 4.69) is 10.3 Å². The van der Waals surface area contributed by atoms with Gasteiger partial charge in [0, 0.05) is 12.6 Å². The molecule has 0 radical (unpaired) electrons. The van der Waals surface area contributed by atoms with Crippen molar-refractivity contribution < 1.29 is 4.79 Å². The Morgan fingerprint density at radius 3 is 3.00 bits per heavy atom. The van der Waals surface area contributed by atoms with Gasteiger partial charge in [-0.3, -0.25) is 9.78 Å². The number of halogens is 1. The molecule has 1 heterocycles. The fourth-order valence-electron chi connectivity index (χ4n) is 1.33. The first-order valence-electron chi connectivity index (χ1n) is 5.26. The molecule has 88 valence electrons. The van der Waals surface area contributed by atoms with Gasteiger partial charge in [-0.05, 0) is 18.5 Å². The average Bonchev–Trinajstić information content (AvgIpc) is 2.29. The number of amides is 1. The van der Waals surface area contributed by atoms with Crippen LogP contribution in [-0.4, -0.2) is 17.4 Å². The molecule has 0 saturated heterocycles. The molecule has 0 aromatic carbocycles. The number of anilines is 1. The van der Waals surface area contributed by atoms with E-state index in [1.165, 1.54) is 6.20 Å². The Morgan fingerprint density at radius 1 is 1.69 bits per heavy atom. The van der Waals surface area contributed by atoms with Crippen molar-refractivity contribution in [2.45, 2.75) is 19.8 Å². The number of rotatable bonds is 5. The predicted molar refractivity (Wildman–Crippen MR) is 65.3 cm³/mol. The first-order chi connectivity index (χ1) is 7.67. The molecular formula is C11H16ClN3O. The molecule has 5 heteroatoms. The number of aromatic nitrogens is 1. The third-order valence-electron chi connectivity index (χ3n) is 2.43. The summed E-state index contributed by atoms with van der Waals surface area (Å²) in [5.74, 6) is 0.141. The van der Waals surface area contributed by atoms with E-state index in [1.54, 1.807) is 12.3 Å². The summed E-state index contributed by atoms with van der Waals surface area (Å²) < 4.78 is 0. The molecule has 0 fully saturated rings. The van der Waals surface area contributed by atoms with E-state index in [1.807, 2.05) is 6.92 Å². The van der Waals surface area contributed by atoms with Gasteiger partial charge < -0.3 is 11.1 Å². The Kier molecular flexibility index (Phi) is 5.22. The molecule has 0 spiro atoms. The Morgan fingerprint density at radius 2 is 2.44 bits per heavy atom. The zero-order valence-electron chi connectivity index (χ0n) is 9.24. The van der Waals surface area contributed by atoms with Gasteiger partial charge in [0.2, 0.25) is 5.91 Å². The van der Waals surface area contributed by atoms with E-state index >= 15 is 0 Å². The summed E-state index contributed by atoms with van der Waals surface area (Å²) in [6.07, 6.45) is 4.42. The maximum Gasteiger partial charge on any atom is 0.224 e. The fourth-order valence-corrected chi connectivity index (χ4v) is 1.48. The fraction of sp³-hybridized carbons (Fsp3) is 0.455. The third-order valence-corrected chi connectivity index (χ3v) is 2.76. The SMILES string of the molecule is CCC(CN)CC(=O)Nc1cnccc1Cl. The molecule has 0 aliphatic carbocycles. The number of pyridine rings is 1. The average molecular weight is 242 g/mol. The third kappa shape index (κ3) is 3.79. The topological polar surface area (TPSA) is 68.0 Å². The zero-order chi connectivity index (χ0) is 12.0. The van der Waals surface area contributed by atoms with E-state index in [0.29, 0.717) is 23.7 Å². The predicted octanol–water partition coefficient (Wildman–Crippen LogP) is 2.05. The lowest BCUT2D eigenvalue weighted by Gasteiger charge is -2.12. The van der Waals surface area contributed by atoms with Gasteiger partial charge >= 0.3 is 0 Å². The van der Waals surface area contributed by atoms with E-state index in [4.69, 9.17) is 17.3 Å². The Labute approximate surface area is 100 Å². The van der Waals surface area contributed by atoms with Crippen LogP contribution < -0.4 is 11.1 Å². The van der Waals surface area contributed by atoms with Gasteiger partial charge in [-0.25, -0.2) is 0 Å². The molecule has 1 amide bonds. The van der Waals surface area contributed by atoms with Gasteiger partial charge in [-0.2, -0.15) is 0 Å². The normalized spacial score (nSPS) is 12.2. The molecule has 1 atom stereocenters. The second-order valence-corrected chi connectivity index (χ2v) is 4.02. The zero-order valence-corrected chi connectivity index (χ0v) is 10.00. The van der Waals surface area contributed by atoms with Crippen molar-refractivity contribution in [1.82, 2.24) is 4.98 Å². The van der Waals surface area contributed by atoms with Crippen molar-refractivity contribution in [3.05, 3.63) is 23.5 Å². The van der Waals surface area contributed by atoms with E-state index in [-0.39, 0.29) is 11.8 Å². The van der Waals surface area contributed by atoms with Gasteiger partial charge in [0.25, 0.3) is 0 Å². The summed E-state index contributed by atoms with van der Waals surface area (Å²) in [4.78, 5) is 15.5. The molecule has 1 aromatic heterocycles. The molecule has 0 bridgehead atoms. The van der Waals surface area contributed by atoms with E-state index < -0.39 is 0 Å². The lowest BCUT2D eigenvalue weighted by atomic mass is 10.0. The van der Waals surface area contributed by atoms with Gasteiger partial charge in [0.1, 0.15) is 0 Å². The minimum atomic E-state index is -0.0767. The van der Waals surface area contributed by atoms with Crippen LogP contribution in [0.3, 0.4) is 0 Å². The number of nitrogens with zero attached hydrogens (tertiary/aromatic N) is 1. The molecule has 1 aromatic rings. The largest absolute Gasteiger partial charge is 0.330 e. The van der Waals surface area contributed by atoms with Crippen LogP contribution in [0.25, 0.3) is 0 Å². The Hall–Kier alpha value is -1.13. The maximum atomic E-state index is 11.6. The van der Waals surface area contributed by atoms with Gasteiger partial charge in [0.05, 0.1) is 16.9 Å². The van der Waals surface area contributed by atoms with Crippen LogP contribution >= 0.6 is 11.6 Å². The van der Waals surface area contributed by atoms with Crippen LogP contribution in [0.4, 0.5) is 5.69 Å². The van der Waals surface area contributed by atoms with Gasteiger partial charge in [0.15, 0.2) is 0 Å². The van der Waals surface area contributed by atoms with Crippen LogP contribution in [0.1, 0.15) is 19.8 Å². The van der Waals surface area contributed by atoms with Crippen molar-refractivity contribution in [2.24, 2.45) is 11.7 Å². The molecule has 1 unspecified atom stereocenters. The maximum absolute atomic E-state index is 11.6. The van der Waals surface area contributed by atoms with Crippen molar-refractivity contribution in [3.8, 4) is 0 Å². The molecule has 0 saturated carbocycles. The summed E-state index contributed by atoms with van der Waals surface area (Å²) in [6, 6.07) is 1.64. The van der Waals surface area contributed by atoms with Crippen molar-refractivity contribution in [3.63, 3.8) is 0 Å². The molecule has 0 aliphatic heterocycles. The highest BCUT2D eigenvalue weighted by atomic mass is 35.5. The van der Waals surface area contributed by atoms with Crippen molar-refractivity contribution in [1.29, 1.82) is 0 Å². The lowest BCUT2D eigenvalue weighted by Crippen LogP contribution is -2.21. The first-order valence-corrected chi connectivity index (χ1v) is 5.64. The molecule has 16 heavy (non-hydrogen) atoms. The second-order valence-electron chi connectivity index (χ2n) is 3.62. The van der Waals surface area contributed by atoms with Crippen LogP contribution in [0.15, 0.2) is 18.5 Å². The number of hydrogen-bond donors (Lipinski definition) is 2. The number of carbonyl (C=O) groups is 1. The van der Waals surface area contributed by atoms with Crippen LogP contribution in [0, 0.1) is 5.92 Å². The summed E-state index contributed by atoms with van der Waals surface area (Å²) in [6.45, 7) is 2.53. The molecule has 3 N–H and O–H groups in total. The van der Waals surface area contributed by atoms with Crippen molar-refractivity contribution in [2.75, 3.05) is 11.9 Å². The van der Waals surface area contributed by atoms with Crippen LogP contribution in [0.5, 0.6) is 0 Å². The number of nitrogens with one attached hydrogen (secondary N) is 1. The number of hydrogen-bond acceptors (Lipinski definition) is 3. The molecular weight excluding hydrogens is 226 g/mol. The van der Waals surface area contributed by atoms with E-state index in [9.17, 15) is 4.79 Å².